The summed E-state index contributed by atoms with van der Waals surface area (Å²) in [5, 5.41) is 2.57. The highest BCUT2D eigenvalue weighted by Crippen LogP contribution is 2.45. The number of hydrogen-bond donors (Lipinski definition) is 0. The molecule has 2 nitrogen and oxygen atoms in total. The minimum atomic E-state index is 0.261. The van der Waals surface area contributed by atoms with E-state index in [9.17, 15) is 0 Å². The molecule has 0 amide bonds. The summed E-state index contributed by atoms with van der Waals surface area (Å²) in [5.41, 5.74) is 21.4. The van der Waals surface area contributed by atoms with Gasteiger partial charge in [0.2, 0.25) is 0 Å². The van der Waals surface area contributed by atoms with E-state index in [0.717, 1.165) is 38.5 Å². The Morgan fingerprint density at radius 2 is 1.03 bits per heavy atom. The molecule has 298 valence electrons. The normalized spacial score (nSPS) is 18.2. The van der Waals surface area contributed by atoms with Gasteiger partial charge in [-0.25, -0.2) is 0 Å². The smallest absolute Gasteiger partial charge is 0.0541 e. The van der Waals surface area contributed by atoms with Crippen LogP contribution in [-0.2, 0) is 12.8 Å². The Bertz CT molecular complexity index is 3140. The Labute approximate surface area is 364 Å². The highest BCUT2D eigenvalue weighted by atomic mass is 15.0. The molecule has 0 aliphatic heterocycles. The monoisotopic (exact) mass is 796 g/mol. The fraction of sp³-hybridized carbons (Fsp3) is 0.133. The fourth-order valence-electron chi connectivity index (χ4n) is 10.8. The Balaban J connectivity index is 0.928. The molecule has 0 bridgehead atoms. The molecular weight excluding hydrogens is 749 g/mol. The predicted octanol–water partition coefficient (Wildman–Crippen LogP) is 15.2. The first-order chi connectivity index (χ1) is 30.7. The molecule has 2 heteroatoms. The molecule has 62 heavy (non-hydrogen) atoms. The topological polar surface area (TPSA) is 9.86 Å². The summed E-state index contributed by atoms with van der Waals surface area (Å²) in [5.74, 6) is 0.546. The maximum absolute atomic E-state index is 2.57. The molecule has 0 saturated heterocycles. The lowest BCUT2D eigenvalue weighted by atomic mass is 9.74. The highest BCUT2D eigenvalue weighted by Gasteiger charge is 2.27. The quantitative estimate of drug-likeness (QED) is 0.152. The Morgan fingerprint density at radius 1 is 0.452 bits per heavy atom. The van der Waals surface area contributed by atoms with Gasteiger partial charge in [-0.1, -0.05) is 169 Å². The Morgan fingerprint density at radius 3 is 1.74 bits per heavy atom. The number of nitrogens with zero attached hydrogens (tertiary/aromatic N) is 2. The van der Waals surface area contributed by atoms with Gasteiger partial charge in [-0.2, -0.15) is 0 Å². The number of aromatic nitrogens is 2. The summed E-state index contributed by atoms with van der Waals surface area (Å²) in [6.07, 6.45) is 25.9. The van der Waals surface area contributed by atoms with Crippen molar-refractivity contribution in [2.45, 2.75) is 44.4 Å². The van der Waals surface area contributed by atoms with Crippen molar-refractivity contribution in [1.82, 2.24) is 9.13 Å². The molecule has 0 saturated carbocycles. The zero-order chi connectivity index (χ0) is 41.0. The van der Waals surface area contributed by atoms with Gasteiger partial charge in [-0.3, -0.25) is 0 Å². The Hall–Kier alpha value is -7.16. The van der Waals surface area contributed by atoms with Crippen LogP contribution in [0.25, 0.3) is 62.1 Å². The third-order valence-corrected chi connectivity index (χ3v) is 13.8. The predicted molar refractivity (Wildman–Crippen MR) is 262 cm³/mol. The van der Waals surface area contributed by atoms with Crippen molar-refractivity contribution in [3.05, 3.63) is 245 Å². The van der Waals surface area contributed by atoms with Gasteiger partial charge < -0.3 is 9.13 Å². The van der Waals surface area contributed by atoms with E-state index in [1.807, 2.05) is 0 Å². The molecule has 4 aliphatic rings. The van der Waals surface area contributed by atoms with E-state index >= 15 is 0 Å². The van der Waals surface area contributed by atoms with Gasteiger partial charge in [0.1, 0.15) is 0 Å². The van der Waals surface area contributed by atoms with Crippen molar-refractivity contribution < 1.29 is 0 Å². The third kappa shape index (κ3) is 6.41. The van der Waals surface area contributed by atoms with Crippen LogP contribution >= 0.6 is 0 Å². The van der Waals surface area contributed by atoms with E-state index < -0.39 is 0 Å². The van der Waals surface area contributed by atoms with Crippen LogP contribution in [0.4, 0.5) is 0 Å². The van der Waals surface area contributed by atoms with Crippen molar-refractivity contribution in [3.63, 3.8) is 0 Å². The van der Waals surface area contributed by atoms with Crippen molar-refractivity contribution in [2.75, 3.05) is 0 Å². The molecule has 6 aromatic carbocycles. The van der Waals surface area contributed by atoms with Crippen molar-refractivity contribution in [3.8, 4) is 11.4 Å². The SMILES string of the molecule is C1=Cc2c(c3c(n2-c2ccc(C4=CC(C5=CC(c6ccc(-n7c8ccccc8c8ccccc87)cc6)=CC(c6ccccc6)C5)CC(c5ccccc5)=C4)cc2)CCC=C3)CC1. The average molecular weight is 797 g/mol. The number of para-hydroxylation sites is 2. The number of benzene rings is 6. The summed E-state index contributed by atoms with van der Waals surface area (Å²) < 4.78 is 4.95. The van der Waals surface area contributed by atoms with E-state index in [1.165, 1.54) is 100 Å². The zero-order valence-electron chi connectivity index (χ0n) is 34.9. The lowest BCUT2D eigenvalue weighted by molar-refractivity contribution is 0.685. The Kier molecular flexibility index (Phi) is 9.10. The molecule has 0 fully saturated rings. The van der Waals surface area contributed by atoms with Crippen LogP contribution in [0.1, 0.15) is 76.4 Å². The van der Waals surface area contributed by atoms with Crippen molar-refractivity contribution in [1.29, 1.82) is 0 Å². The molecule has 0 radical (unpaired) electrons. The molecule has 2 unspecified atom stereocenters. The minimum Gasteiger partial charge on any atom is -0.313 e. The number of allylic oxidation sites excluding steroid dienone is 10. The van der Waals surface area contributed by atoms with Gasteiger partial charge in [-0.15, -0.1) is 0 Å². The van der Waals surface area contributed by atoms with E-state index in [4.69, 9.17) is 0 Å². The van der Waals surface area contributed by atoms with Gasteiger partial charge >= 0.3 is 0 Å². The van der Waals surface area contributed by atoms with Gasteiger partial charge in [0.25, 0.3) is 0 Å². The summed E-state index contributed by atoms with van der Waals surface area (Å²) >= 11 is 0. The highest BCUT2D eigenvalue weighted by molar-refractivity contribution is 6.09. The van der Waals surface area contributed by atoms with Gasteiger partial charge in [-0.05, 0) is 131 Å². The molecule has 2 aromatic heterocycles. The number of hydrogen-bond acceptors (Lipinski definition) is 0. The maximum atomic E-state index is 2.57. The maximum Gasteiger partial charge on any atom is 0.0541 e. The van der Waals surface area contributed by atoms with Crippen LogP contribution in [0.3, 0.4) is 0 Å². The molecular formula is C60H48N2. The second kappa shape index (κ2) is 15.4. The third-order valence-electron chi connectivity index (χ3n) is 13.8. The van der Waals surface area contributed by atoms with Crippen LogP contribution in [0.15, 0.2) is 200 Å². The van der Waals surface area contributed by atoms with Crippen LogP contribution in [0.5, 0.6) is 0 Å². The van der Waals surface area contributed by atoms with Crippen molar-refractivity contribution in [2.24, 2.45) is 5.92 Å². The molecule has 2 atom stereocenters. The first-order valence-corrected chi connectivity index (χ1v) is 22.5. The molecule has 0 spiro atoms. The van der Waals surface area contributed by atoms with Crippen LogP contribution in [0, 0.1) is 5.92 Å². The van der Waals surface area contributed by atoms with Gasteiger partial charge in [0, 0.05) is 45.4 Å². The first-order valence-electron chi connectivity index (χ1n) is 22.5. The molecule has 4 aliphatic carbocycles. The summed E-state index contributed by atoms with van der Waals surface area (Å²) in [6.45, 7) is 0. The summed E-state index contributed by atoms with van der Waals surface area (Å²) in [6, 6.07) is 58.4. The molecule has 2 heterocycles. The van der Waals surface area contributed by atoms with Gasteiger partial charge in [0.05, 0.1) is 11.0 Å². The van der Waals surface area contributed by atoms with E-state index in [1.54, 1.807) is 0 Å². The van der Waals surface area contributed by atoms with Crippen LogP contribution in [0.2, 0.25) is 0 Å². The van der Waals surface area contributed by atoms with Crippen LogP contribution < -0.4 is 0 Å². The lowest BCUT2D eigenvalue weighted by Crippen LogP contribution is -2.13. The number of fused-ring (bicyclic) bond motifs is 6. The summed E-state index contributed by atoms with van der Waals surface area (Å²) in [4.78, 5) is 0. The van der Waals surface area contributed by atoms with Crippen LogP contribution in [-0.4, -0.2) is 9.13 Å². The molecule has 0 N–H and O–H groups in total. The van der Waals surface area contributed by atoms with Gasteiger partial charge in [0.15, 0.2) is 0 Å². The van der Waals surface area contributed by atoms with E-state index in [0.29, 0.717) is 0 Å². The fourth-order valence-corrected chi connectivity index (χ4v) is 10.8. The zero-order valence-corrected chi connectivity index (χ0v) is 34.9. The molecule has 12 rings (SSSR count). The van der Waals surface area contributed by atoms with Crippen molar-refractivity contribution >= 4 is 50.7 Å². The number of rotatable bonds is 7. The average Bonchev–Trinajstić information content (AvgIpc) is 3.87. The largest absolute Gasteiger partial charge is 0.313 e. The second-order valence-electron chi connectivity index (χ2n) is 17.4. The standard InChI is InChI=1S/C60H48N2/c1-3-15-41(16-4-1)45-35-47(43-27-31-51(32-28-43)61-57-23-11-7-19-53(57)54-20-8-12-24-58(54)61)39-49(37-45)50-38-46(42-17-5-2-6-18-42)36-48(40-50)44-29-33-52(34-30-44)62-59-25-13-9-21-55(59)56-22-10-14-26-60(56)62/h1-9,11-12,14-21,23-24,26-36,39-40,45,50H,10,13,22,25,37-38H2. The minimum absolute atomic E-state index is 0.261. The van der Waals surface area contributed by atoms with E-state index in [-0.39, 0.29) is 11.8 Å². The first kappa shape index (κ1) is 36.7. The van der Waals surface area contributed by atoms with E-state index in [2.05, 4.69) is 215 Å². The summed E-state index contributed by atoms with van der Waals surface area (Å²) in [7, 11) is 0. The lowest BCUT2D eigenvalue weighted by Gasteiger charge is -2.30. The second-order valence-corrected chi connectivity index (χ2v) is 17.4. The molecule has 8 aromatic rings.